The van der Waals surface area contributed by atoms with Crippen molar-refractivity contribution in [1.29, 1.82) is 0 Å². The lowest BCUT2D eigenvalue weighted by Crippen LogP contribution is -2.27. The predicted molar refractivity (Wildman–Crippen MR) is 120 cm³/mol. The molecule has 2 aromatic rings. The number of aromatic nitrogens is 4. The normalized spacial score (nSPS) is 13.6. The lowest BCUT2D eigenvalue weighted by molar-refractivity contribution is 0.259. The number of nitrogens with zero attached hydrogens (tertiary/aromatic N) is 4. The zero-order valence-corrected chi connectivity index (χ0v) is 19.5. The van der Waals surface area contributed by atoms with Gasteiger partial charge in [-0.3, -0.25) is 4.72 Å². The van der Waals surface area contributed by atoms with Gasteiger partial charge in [-0.25, -0.2) is 13.4 Å². The number of aliphatic hydroxyl groups is 1. The first-order chi connectivity index (χ1) is 14.6. The standard InChI is InChI=1S/C20H32N6O4S/c1-6-30-18-11-15(7-8-21-18)14(4)10-17-23-19(22-16(12-27)9-13(2)3)25-20(24-17)26-31(5,28)29/h7-8,11,13-14,16,27H,6,9-10,12H2,1-5H3,(H2,22,23,24,25,26)/t14?,16-/m1/s1. The van der Waals surface area contributed by atoms with Gasteiger partial charge in [-0.15, -0.1) is 0 Å². The van der Waals surface area contributed by atoms with Crippen molar-refractivity contribution in [2.75, 3.05) is 29.5 Å². The summed E-state index contributed by atoms with van der Waals surface area (Å²) in [6, 6.07) is 3.51. The Morgan fingerprint density at radius 3 is 2.48 bits per heavy atom. The van der Waals surface area contributed by atoms with Crippen LogP contribution in [0.5, 0.6) is 5.88 Å². The van der Waals surface area contributed by atoms with Crippen LogP contribution in [0, 0.1) is 5.92 Å². The third kappa shape index (κ3) is 8.62. The second-order valence-electron chi connectivity index (χ2n) is 7.89. The molecule has 1 unspecified atom stereocenters. The van der Waals surface area contributed by atoms with Crippen molar-refractivity contribution < 1.29 is 18.3 Å². The Bertz CT molecular complexity index is 954. The Kier molecular flexibility index (Phi) is 8.93. The molecule has 0 spiro atoms. The van der Waals surface area contributed by atoms with Crippen molar-refractivity contribution in [2.45, 2.75) is 52.5 Å². The molecule has 0 amide bonds. The Morgan fingerprint density at radius 1 is 1.16 bits per heavy atom. The van der Waals surface area contributed by atoms with Gasteiger partial charge >= 0.3 is 0 Å². The van der Waals surface area contributed by atoms with E-state index in [0.717, 1.165) is 11.8 Å². The first kappa shape index (κ1) is 24.7. The number of hydrogen-bond acceptors (Lipinski definition) is 9. The largest absolute Gasteiger partial charge is 0.478 e. The van der Waals surface area contributed by atoms with Crippen LogP contribution in [0.2, 0.25) is 0 Å². The molecule has 0 aromatic carbocycles. The summed E-state index contributed by atoms with van der Waals surface area (Å²) >= 11 is 0. The molecule has 2 rings (SSSR count). The highest BCUT2D eigenvalue weighted by molar-refractivity contribution is 7.91. The molecule has 2 atom stereocenters. The van der Waals surface area contributed by atoms with Gasteiger partial charge in [0, 0.05) is 18.7 Å². The summed E-state index contributed by atoms with van der Waals surface area (Å²) in [5.74, 6) is 1.50. The fourth-order valence-corrected chi connectivity index (χ4v) is 3.49. The summed E-state index contributed by atoms with van der Waals surface area (Å²) < 4.78 is 31.2. The van der Waals surface area contributed by atoms with Gasteiger partial charge < -0.3 is 15.2 Å². The summed E-state index contributed by atoms with van der Waals surface area (Å²) in [6.07, 6.45) is 3.87. The quantitative estimate of drug-likeness (QED) is 0.442. The fourth-order valence-electron chi connectivity index (χ4n) is 3.07. The van der Waals surface area contributed by atoms with Crippen LogP contribution in [0.1, 0.15) is 51.4 Å². The number of aliphatic hydroxyl groups excluding tert-OH is 1. The molecule has 0 aliphatic rings. The number of pyridine rings is 1. The van der Waals surface area contributed by atoms with Crippen LogP contribution in [0.3, 0.4) is 0 Å². The monoisotopic (exact) mass is 452 g/mol. The Hall–Kier alpha value is -2.53. The third-order valence-corrected chi connectivity index (χ3v) is 4.93. The molecule has 0 saturated carbocycles. The van der Waals surface area contributed by atoms with E-state index in [1.165, 1.54) is 0 Å². The number of hydrogen-bond donors (Lipinski definition) is 3. The first-order valence-corrected chi connectivity index (χ1v) is 12.2. The Labute approximate surface area is 184 Å². The molecule has 0 aliphatic heterocycles. The molecule has 3 N–H and O–H groups in total. The van der Waals surface area contributed by atoms with E-state index in [-0.39, 0.29) is 30.5 Å². The second kappa shape index (κ2) is 11.2. The zero-order chi connectivity index (χ0) is 23.0. The van der Waals surface area contributed by atoms with Crippen LogP contribution in [-0.2, 0) is 16.4 Å². The van der Waals surface area contributed by atoms with Crippen molar-refractivity contribution in [3.05, 3.63) is 29.7 Å². The lowest BCUT2D eigenvalue weighted by Gasteiger charge is -2.19. The number of sulfonamides is 1. The van der Waals surface area contributed by atoms with Crippen molar-refractivity contribution in [3.63, 3.8) is 0 Å². The van der Waals surface area contributed by atoms with E-state index in [4.69, 9.17) is 4.74 Å². The molecule has 31 heavy (non-hydrogen) atoms. The number of anilines is 2. The highest BCUT2D eigenvalue weighted by atomic mass is 32.2. The van der Waals surface area contributed by atoms with Gasteiger partial charge in [0.05, 0.1) is 25.5 Å². The number of ether oxygens (including phenoxy) is 1. The van der Waals surface area contributed by atoms with Crippen molar-refractivity contribution in [2.24, 2.45) is 5.92 Å². The van der Waals surface area contributed by atoms with Crippen LogP contribution >= 0.6 is 0 Å². The topological polar surface area (TPSA) is 139 Å². The minimum atomic E-state index is -3.56. The van der Waals surface area contributed by atoms with E-state index < -0.39 is 10.0 Å². The molecule has 0 aliphatic carbocycles. The van der Waals surface area contributed by atoms with Crippen LogP contribution in [0.25, 0.3) is 0 Å². The molecule has 172 valence electrons. The Balaban J connectivity index is 2.29. The molecule has 11 heteroatoms. The molecular formula is C20H32N6O4S. The maximum Gasteiger partial charge on any atom is 0.241 e. The van der Waals surface area contributed by atoms with Gasteiger partial charge in [0.15, 0.2) is 0 Å². The minimum absolute atomic E-state index is 0.0212. The van der Waals surface area contributed by atoms with E-state index >= 15 is 0 Å². The SMILES string of the molecule is CCOc1cc(C(C)Cc2nc(N[C@@H](CO)CC(C)C)nc(NS(C)(=O)=O)n2)ccn1. The van der Waals surface area contributed by atoms with Crippen LogP contribution in [-0.4, -0.2) is 59.0 Å². The summed E-state index contributed by atoms with van der Waals surface area (Å²) in [5, 5.41) is 12.8. The smallest absolute Gasteiger partial charge is 0.241 e. The highest BCUT2D eigenvalue weighted by Crippen LogP contribution is 2.23. The molecule has 0 radical (unpaired) electrons. The van der Waals surface area contributed by atoms with E-state index in [9.17, 15) is 13.5 Å². The average Bonchev–Trinajstić information content (AvgIpc) is 2.66. The number of rotatable bonds is 12. The summed E-state index contributed by atoms with van der Waals surface area (Å²) in [6.45, 7) is 8.44. The fraction of sp³-hybridized carbons (Fsp3) is 0.600. The molecular weight excluding hydrogens is 420 g/mol. The van der Waals surface area contributed by atoms with Gasteiger partial charge in [-0.1, -0.05) is 20.8 Å². The Morgan fingerprint density at radius 2 is 1.87 bits per heavy atom. The highest BCUT2D eigenvalue weighted by Gasteiger charge is 2.17. The van der Waals surface area contributed by atoms with E-state index in [2.05, 4.69) is 30.0 Å². The van der Waals surface area contributed by atoms with E-state index in [0.29, 0.717) is 37.1 Å². The van der Waals surface area contributed by atoms with Crippen LogP contribution in [0.15, 0.2) is 18.3 Å². The van der Waals surface area contributed by atoms with Gasteiger partial charge in [0.1, 0.15) is 5.82 Å². The van der Waals surface area contributed by atoms with Gasteiger partial charge in [0.25, 0.3) is 0 Å². The molecule has 0 fully saturated rings. The van der Waals surface area contributed by atoms with Gasteiger partial charge in [-0.2, -0.15) is 15.0 Å². The summed E-state index contributed by atoms with van der Waals surface area (Å²) in [7, 11) is -3.56. The molecule has 2 aromatic heterocycles. The summed E-state index contributed by atoms with van der Waals surface area (Å²) in [5.41, 5.74) is 0.999. The van der Waals surface area contributed by atoms with Crippen LogP contribution < -0.4 is 14.8 Å². The summed E-state index contributed by atoms with van der Waals surface area (Å²) in [4.78, 5) is 17.1. The van der Waals surface area contributed by atoms with Crippen molar-refractivity contribution in [3.8, 4) is 5.88 Å². The second-order valence-corrected chi connectivity index (χ2v) is 9.64. The lowest BCUT2D eigenvalue weighted by atomic mass is 9.98. The average molecular weight is 453 g/mol. The van der Waals surface area contributed by atoms with E-state index in [1.54, 1.807) is 6.20 Å². The maximum atomic E-state index is 11.7. The molecule has 0 saturated heterocycles. The first-order valence-electron chi connectivity index (χ1n) is 10.3. The number of nitrogens with one attached hydrogen (secondary N) is 2. The molecule has 2 heterocycles. The van der Waals surface area contributed by atoms with E-state index in [1.807, 2.05) is 39.8 Å². The van der Waals surface area contributed by atoms with Crippen molar-refractivity contribution in [1.82, 2.24) is 19.9 Å². The maximum absolute atomic E-state index is 11.7. The predicted octanol–water partition coefficient (Wildman–Crippen LogP) is 2.20. The van der Waals surface area contributed by atoms with Crippen molar-refractivity contribution >= 4 is 21.9 Å². The third-order valence-electron chi connectivity index (χ3n) is 4.38. The minimum Gasteiger partial charge on any atom is -0.478 e. The van der Waals surface area contributed by atoms with Gasteiger partial charge in [-0.05, 0) is 36.8 Å². The molecule has 0 bridgehead atoms. The van der Waals surface area contributed by atoms with Gasteiger partial charge in [0.2, 0.25) is 27.8 Å². The molecule has 10 nitrogen and oxygen atoms in total. The van der Waals surface area contributed by atoms with Crippen LogP contribution in [0.4, 0.5) is 11.9 Å². The zero-order valence-electron chi connectivity index (χ0n) is 18.7.